The molecular weight excluding hydrogens is 400 g/mol. The number of ether oxygens (including phenoxy) is 2. The van der Waals surface area contributed by atoms with Crippen LogP contribution in [0.15, 0.2) is 45.9 Å². The summed E-state index contributed by atoms with van der Waals surface area (Å²) in [4.78, 5) is 15.1. The van der Waals surface area contributed by atoms with Gasteiger partial charge in [0.2, 0.25) is 12.7 Å². The summed E-state index contributed by atoms with van der Waals surface area (Å²) >= 11 is 0. The Morgan fingerprint density at radius 1 is 1.13 bits per heavy atom. The molecule has 3 aromatic rings. The third-order valence-electron chi connectivity index (χ3n) is 5.43. The highest BCUT2D eigenvalue weighted by Crippen LogP contribution is 2.38. The van der Waals surface area contributed by atoms with Gasteiger partial charge >= 0.3 is 0 Å². The van der Waals surface area contributed by atoms with Crippen LogP contribution in [-0.4, -0.2) is 28.5 Å². The molecule has 9 heteroatoms. The molecule has 0 spiro atoms. The van der Waals surface area contributed by atoms with Crippen LogP contribution in [0.5, 0.6) is 11.5 Å². The molecule has 1 unspecified atom stereocenters. The van der Waals surface area contributed by atoms with Gasteiger partial charge in [0.05, 0.1) is 16.7 Å². The van der Waals surface area contributed by atoms with E-state index in [1.807, 2.05) is 24.1 Å². The number of hydrazone groups is 1. The van der Waals surface area contributed by atoms with Gasteiger partial charge in [0.25, 0.3) is 5.69 Å². The van der Waals surface area contributed by atoms with Crippen molar-refractivity contribution in [3.8, 4) is 11.5 Å². The molecule has 9 nitrogen and oxygen atoms in total. The van der Waals surface area contributed by atoms with E-state index in [2.05, 4.69) is 11.9 Å². The number of benzene rings is 2. The number of aromatic nitrogens is 1. The zero-order valence-electron chi connectivity index (χ0n) is 17.3. The Labute approximate surface area is 178 Å². The van der Waals surface area contributed by atoms with E-state index in [0.29, 0.717) is 35.4 Å². The number of hydrogen-bond acceptors (Lipinski definition) is 8. The predicted molar refractivity (Wildman–Crippen MR) is 113 cm³/mol. The topological polar surface area (TPSA) is 103 Å². The fraction of sp³-hybridized carbons (Fsp3) is 0.273. The second-order valence-corrected chi connectivity index (χ2v) is 7.64. The van der Waals surface area contributed by atoms with E-state index in [-0.39, 0.29) is 18.5 Å². The molecule has 31 heavy (non-hydrogen) atoms. The first-order chi connectivity index (χ1) is 14.9. The van der Waals surface area contributed by atoms with E-state index in [1.54, 1.807) is 19.1 Å². The molecule has 2 aromatic carbocycles. The number of fused-ring (bicyclic) bond motifs is 2. The maximum Gasteiger partial charge on any atom is 0.269 e. The van der Waals surface area contributed by atoms with E-state index < -0.39 is 4.92 Å². The van der Waals surface area contributed by atoms with Gasteiger partial charge in [-0.1, -0.05) is 0 Å². The average Bonchev–Trinajstić information content (AvgIpc) is 3.29. The molecule has 0 fully saturated rings. The highest BCUT2D eigenvalue weighted by molar-refractivity contribution is 6.14. The molecule has 158 valence electrons. The Morgan fingerprint density at radius 3 is 2.48 bits per heavy atom. The summed E-state index contributed by atoms with van der Waals surface area (Å²) in [6, 6.07) is 10.3. The summed E-state index contributed by atoms with van der Waals surface area (Å²) in [6.45, 7) is 5.93. The third kappa shape index (κ3) is 3.27. The minimum Gasteiger partial charge on any atom is -0.454 e. The van der Waals surface area contributed by atoms with Crippen molar-refractivity contribution >= 4 is 17.3 Å². The fourth-order valence-corrected chi connectivity index (χ4v) is 3.97. The van der Waals surface area contributed by atoms with Crippen LogP contribution in [-0.2, 0) is 6.42 Å². The standard InChI is InChI=1S/C22H20N4O5/c1-12-8-16-9-19-20(30-11-29-19)10-18(16)21(15-4-6-17(7-5-15)26(27)28)24-25(12)22-13(2)23-14(3)31-22/h4-7,9-10,12H,8,11H2,1-3H3. The molecule has 1 atom stereocenters. The van der Waals surface area contributed by atoms with Crippen LogP contribution in [0.4, 0.5) is 11.6 Å². The maximum atomic E-state index is 11.1. The molecule has 0 N–H and O–H groups in total. The molecule has 5 rings (SSSR count). The van der Waals surface area contributed by atoms with Crippen molar-refractivity contribution < 1.29 is 18.8 Å². The molecule has 1 aromatic heterocycles. The van der Waals surface area contributed by atoms with Crippen LogP contribution >= 0.6 is 0 Å². The molecule has 0 radical (unpaired) electrons. The summed E-state index contributed by atoms with van der Waals surface area (Å²) in [5.74, 6) is 2.50. The third-order valence-corrected chi connectivity index (χ3v) is 5.43. The zero-order valence-corrected chi connectivity index (χ0v) is 17.3. The first-order valence-electron chi connectivity index (χ1n) is 9.90. The average molecular weight is 420 g/mol. The number of hydrogen-bond donors (Lipinski definition) is 0. The molecule has 2 aliphatic heterocycles. The summed E-state index contributed by atoms with van der Waals surface area (Å²) in [6.07, 6.45) is 0.686. The number of oxazole rings is 1. The van der Waals surface area contributed by atoms with Gasteiger partial charge in [-0.15, -0.1) is 0 Å². The molecule has 2 aliphatic rings. The number of nitrogens with zero attached hydrogens (tertiary/aromatic N) is 4. The van der Waals surface area contributed by atoms with Crippen LogP contribution in [0.1, 0.15) is 35.2 Å². The van der Waals surface area contributed by atoms with E-state index in [9.17, 15) is 10.1 Å². The fourth-order valence-electron chi connectivity index (χ4n) is 3.97. The molecule has 3 heterocycles. The first kappa shape index (κ1) is 19.1. The Bertz CT molecular complexity index is 1220. The van der Waals surface area contributed by atoms with Gasteiger partial charge in [0.1, 0.15) is 5.69 Å². The Balaban J connectivity index is 1.70. The summed E-state index contributed by atoms with van der Waals surface area (Å²) in [5.41, 5.74) is 4.12. The molecule has 0 bridgehead atoms. The second-order valence-electron chi connectivity index (χ2n) is 7.64. The molecule has 0 saturated heterocycles. The van der Waals surface area contributed by atoms with Crippen LogP contribution in [0.2, 0.25) is 0 Å². The van der Waals surface area contributed by atoms with E-state index >= 15 is 0 Å². The number of nitro groups is 1. The van der Waals surface area contributed by atoms with Gasteiger partial charge in [-0.3, -0.25) is 10.1 Å². The lowest BCUT2D eigenvalue weighted by Crippen LogP contribution is -2.29. The highest BCUT2D eigenvalue weighted by atomic mass is 16.7. The molecule has 0 aliphatic carbocycles. The smallest absolute Gasteiger partial charge is 0.269 e. The number of nitro benzene ring substituents is 1. The van der Waals surface area contributed by atoms with Crippen molar-refractivity contribution in [1.29, 1.82) is 0 Å². The quantitative estimate of drug-likeness (QED) is 0.463. The second kappa shape index (κ2) is 7.12. The van der Waals surface area contributed by atoms with Gasteiger partial charge < -0.3 is 13.9 Å². The monoisotopic (exact) mass is 420 g/mol. The summed E-state index contributed by atoms with van der Waals surface area (Å²) in [5, 5.41) is 17.9. The SMILES string of the molecule is Cc1nc(C)c(N2N=C(c3ccc([N+](=O)[O-])cc3)c3cc4c(cc3CC2C)OCO4)o1. The van der Waals surface area contributed by atoms with Gasteiger partial charge in [-0.05, 0) is 50.1 Å². The van der Waals surface area contributed by atoms with E-state index in [4.69, 9.17) is 19.0 Å². The van der Waals surface area contributed by atoms with Gasteiger partial charge in [-0.25, -0.2) is 9.99 Å². The maximum absolute atomic E-state index is 11.1. The van der Waals surface area contributed by atoms with Crippen molar-refractivity contribution in [3.05, 3.63) is 74.8 Å². The lowest BCUT2D eigenvalue weighted by molar-refractivity contribution is -0.384. The molecular formula is C22H20N4O5. The Hall–Kier alpha value is -3.88. The molecule has 0 saturated carbocycles. The largest absolute Gasteiger partial charge is 0.454 e. The van der Waals surface area contributed by atoms with E-state index in [0.717, 1.165) is 22.4 Å². The number of anilines is 1. The zero-order chi connectivity index (χ0) is 21.7. The molecule has 0 amide bonds. The first-order valence-corrected chi connectivity index (χ1v) is 9.90. The van der Waals surface area contributed by atoms with Crippen LogP contribution in [0.3, 0.4) is 0 Å². The Morgan fingerprint density at radius 2 is 1.84 bits per heavy atom. The van der Waals surface area contributed by atoms with Gasteiger partial charge in [0, 0.05) is 30.2 Å². The van der Waals surface area contributed by atoms with Crippen LogP contribution < -0.4 is 14.5 Å². The highest BCUT2D eigenvalue weighted by Gasteiger charge is 2.30. The Kier molecular flexibility index (Phi) is 4.39. The van der Waals surface area contributed by atoms with Crippen molar-refractivity contribution in [2.24, 2.45) is 5.10 Å². The lowest BCUT2D eigenvalue weighted by Gasteiger charge is -2.23. The van der Waals surface area contributed by atoms with E-state index in [1.165, 1.54) is 12.1 Å². The normalized spacial score (nSPS) is 17.2. The minimum absolute atomic E-state index is 0.0239. The minimum atomic E-state index is -0.417. The number of rotatable bonds is 3. The van der Waals surface area contributed by atoms with Crippen molar-refractivity contribution in [1.82, 2.24) is 4.98 Å². The number of non-ortho nitro benzene ring substituents is 1. The van der Waals surface area contributed by atoms with Crippen molar-refractivity contribution in [2.45, 2.75) is 33.2 Å². The lowest BCUT2D eigenvalue weighted by atomic mass is 9.94. The van der Waals surface area contributed by atoms with Gasteiger partial charge in [-0.2, -0.15) is 5.10 Å². The van der Waals surface area contributed by atoms with Crippen molar-refractivity contribution in [2.75, 3.05) is 11.8 Å². The summed E-state index contributed by atoms with van der Waals surface area (Å²) < 4.78 is 17.0. The van der Waals surface area contributed by atoms with Crippen molar-refractivity contribution in [3.63, 3.8) is 0 Å². The summed E-state index contributed by atoms with van der Waals surface area (Å²) in [7, 11) is 0. The number of aryl methyl sites for hydroxylation is 2. The van der Waals surface area contributed by atoms with Crippen LogP contribution in [0, 0.1) is 24.0 Å². The predicted octanol–water partition coefficient (Wildman–Crippen LogP) is 4.13. The van der Waals surface area contributed by atoms with Crippen LogP contribution in [0.25, 0.3) is 0 Å². The van der Waals surface area contributed by atoms with Gasteiger partial charge in [0.15, 0.2) is 17.4 Å².